The number of ether oxygens (including phenoxy) is 1. The highest BCUT2D eigenvalue weighted by molar-refractivity contribution is 9.10. The smallest absolute Gasteiger partial charge is 0.272 e. The molecule has 3 aromatic rings. The number of hydrogen-bond acceptors (Lipinski definition) is 4. The molecule has 0 heterocycles. The summed E-state index contributed by atoms with van der Waals surface area (Å²) < 4.78 is 33.7. The van der Waals surface area contributed by atoms with Crippen LogP contribution in [0.3, 0.4) is 0 Å². The van der Waals surface area contributed by atoms with Gasteiger partial charge in [-0.05, 0) is 79.7 Å². The maximum absolute atomic E-state index is 13.4. The van der Waals surface area contributed by atoms with E-state index in [-0.39, 0.29) is 16.1 Å². The first-order valence-electron chi connectivity index (χ1n) is 8.66. The zero-order valence-corrected chi connectivity index (χ0v) is 18.5. The van der Waals surface area contributed by atoms with Gasteiger partial charge in [-0.25, -0.2) is 8.42 Å². The zero-order valence-electron chi connectivity index (χ0n) is 15.4. The molecule has 0 aromatic heterocycles. The van der Waals surface area contributed by atoms with E-state index in [1.165, 1.54) is 36.4 Å². The van der Waals surface area contributed by atoms with Crippen molar-refractivity contribution in [1.82, 2.24) is 0 Å². The molecule has 3 aromatic carbocycles. The van der Waals surface area contributed by atoms with Gasteiger partial charge in [-0.3, -0.25) is 4.79 Å². The predicted octanol–water partition coefficient (Wildman–Crippen LogP) is 5.54. The van der Waals surface area contributed by atoms with Crippen molar-refractivity contribution in [3.8, 4) is 5.75 Å². The predicted molar refractivity (Wildman–Crippen MR) is 117 cm³/mol. The van der Waals surface area contributed by atoms with Crippen LogP contribution in [0.2, 0.25) is 5.02 Å². The van der Waals surface area contributed by atoms with Gasteiger partial charge in [0.25, 0.3) is 15.9 Å². The van der Waals surface area contributed by atoms with E-state index in [0.29, 0.717) is 17.4 Å². The number of halogens is 2. The molecule has 0 aliphatic heterocycles. The zero-order chi connectivity index (χ0) is 21.0. The highest BCUT2D eigenvalue weighted by Crippen LogP contribution is 2.29. The van der Waals surface area contributed by atoms with Gasteiger partial charge in [0.05, 0.1) is 17.2 Å². The number of anilines is 1. The first kappa shape index (κ1) is 21.4. The van der Waals surface area contributed by atoms with Crippen LogP contribution < -0.4 is 9.04 Å². The molecular weight excluding hydrogens is 478 g/mol. The molecule has 0 radical (unpaired) electrons. The van der Waals surface area contributed by atoms with Gasteiger partial charge in [0.1, 0.15) is 5.75 Å². The lowest BCUT2D eigenvalue weighted by Gasteiger charge is -2.23. The van der Waals surface area contributed by atoms with Gasteiger partial charge in [0.15, 0.2) is 0 Å². The second kappa shape index (κ2) is 8.98. The third kappa shape index (κ3) is 4.80. The molecule has 0 saturated heterocycles. The number of amides is 1. The largest absolute Gasteiger partial charge is 0.494 e. The maximum atomic E-state index is 13.4. The normalized spacial score (nSPS) is 11.1. The summed E-state index contributed by atoms with van der Waals surface area (Å²) in [4.78, 5) is 13.2. The molecule has 0 fully saturated rings. The average molecular weight is 495 g/mol. The van der Waals surface area contributed by atoms with Crippen LogP contribution in [0.15, 0.2) is 82.2 Å². The molecule has 3 rings (SSSR count). The first-order chi connectivity index (χ1) is 13.8. The van der Waals surface area contributed by atoms with E-state index in [0.717, 1.165) is 8.78 Å². The summed E-state index contributed by atoms with van der Waals surface area (Å²) in [6, 6.07) is 18.5. The van der Waals surface area contributed by atoms with Gasteiger partial charge in [-0.2, -0.15) is 4.31 Å². The molecule has 0 aliphatic rings. The highest BCUT2D eigenvalue weighted by Gasteiger charge is 2.32. The van der Waals surface area contributed by atoms with Crippen LogP contribution in [0.5, 0.6) is 5.75 Å². The molecule has 0 unspecified atom stereocenters. The van der Waals surface area contributed by atoms with Crippen molar-refractivity contribution in [3.63, 3.8) is 0 Å². The quantitative estimate of drug-likeness (QED) is 0.451. The molecule has 29 heavy (non-hydrogen) atoms. The van der Waals surface area contributed by atoms with Crippen LogP contribution in [0.4, 0.5) is 5.69 Å². The van der Waals surface area contributed by atoms with Crippen molar-refractivity contribution in [2.75, 3.05) is 10.9 Å². The molecule has 5 nitrogen and oxygen atoms in total. The molecule has 0 aliphatic carbocycles. The van der Waals surface area contributed by atoms with Gasteiger partial charge in [-0.15, -0.1) is 0 Å². The van der Waals surface area contributed by atoms with Crippen LogP contribution in [0, 0.1) is 0 Å². The standard InChI is InChI=1S/C21H17BrClNO4S/c1-2-28-19-11-9-18(10-12-19)24(21(25)15-3-5-16(22)6-4-15)29(26,27)20-13-7-17(23)8-14-20/h3-14H,2H2,1H3. The lowest BCUT2D eigenvalue weighted by atomic mass is 10.2. The van der Waals surface area contributed by atoms with E-state index in [1.807, 2.05) is 6.92 Å². The Bertz CT molecular complexity index is 1100. The summed E-state index contributed by atoms with van der Waals surface area (Å²) in [5, 5.41) is 0.399. The fourth-order valence-corrected chi connectivity index (χ4v) is 4.44. The minimum Gasteiger partial charge on any atom is -0.494 e. The van der Waals surface area contributed by atoms with E-state index in [1.54, 1.807) is 36.4 Å². The number of nitrogens with zero attached hydrogens (tertiary/aromatic N) is 1. The first-order valence-corrected chi connectivity index (χ1v) is 11.3. The lowest BCUT2D eigenvalue weighted by molar-refractivity contribution is 0.101. The number of carbonyl (C=O) groups excluding carboxylic acids is 1. The maximum Gasteiger partial charge on any atom is 0.272 e. The number of carbonyl (C=O) groups is 1. The summed E-state index contributed by atoms with van der Waals surface area (Å²) >= 11 is 9.20. The number of hydrogen-bond donors (Lipinski definition) is 0. The summed E-state index contributed by atoms with van der Waals surface area (Å²) in [6.45, 7) is 2.33. The Hall–Kier alpha value is -2.35. The molecule has 0 spiro atoms. The van der Waals surface area contributed by atoms with Crippen LogP contribution in [-0.2, 0) is 10.0 Å². The van der Waals surface area contributed by atoms with Crippen molar-refractivity contribution < 1.29 is 17.9 Å². The third-order valence-electron chi connectivity index (χ3n) is 4.01. The van der Waals surface area contributed by atoms with E-state index in [2.05, 4.69) is 15.9 Å². The van der Waals surface area contributed by atoms with Gasteiger partial charge >= 0.3 is 0 Å². The van der Waals surface area contributed by atoms with Gasteiger partial charge < -0.3 is 4.74 Å². The fourth-order valence-electron chi connectivity index (χ4n) is 2.63. The minimum absolute atomic E-state index is 0.0405. The Morgan fingerprint density at radius 1 is 0.966 bits per heavy atom. The van der Waals surface area contributed by atoms with Crippen molar-refractivity contribution in [1.29, 1.82) is 0 Å². The van der Waals surface area contributed by atoms with Crippen LogP contribution in [0.1, 0.15) is 17.3 Å². The SMILES string of the molecule is CCOc1ccc(N(C(=O)c2ccc(Br)cc2)S(=O)(=O)c2ccc(Cl)cc2)cc1. The van der Waals surface area contributed by atoms with Crippen molar-refractivity contribution in [2.45, 2.75) is 11.8 Å². The van der Waals surface area contributed by atoms with Gasteiger partial charge in [0.2, 0.25) is 0 Å². The molecule has 150 valence electrons. The second-order valence-electron chi connectivity index (χ2n) is 5.96. The average Bonchev–Trinajstić information content (AvgIpc) is 2.70. The minimum atomic E-state index is -4.18. The molecule has 1 amide bonds. The van der Waals surface area contributed by atoms with E-state index < -0.39 is 15.9 Å². The lowest BCUT2D eigenvalue weighted by Crippen LogP contribution is -2.37. The summed E-state index contributed by atoms with van der Waals surface area (Å²) in [7, 11) is -4.18. The number of rotatable bonds is 6. The third-order valence-corrected chi connectivity index (χ3v) is 6.52. The van der Waals surface area contributed by atoms with Gasteiger partial charge in [0, 0.05) is 15.1 Å². The highest BCUT2D eigenvalue weighted by atomic mass is 79.9. The monoisotopic (exact) mass is 493 g/mol. The molecule has 0 N–H and O–H groups in total. The molecule has 0 saturated carbocycles. The Morgan fingerprint density at radius 2 is 1.55 bits per heavy atom. The molecule has 0 atom stereocenters. The molecular formula is C21H17BrClNO4S. The summed E-state index contributed by atoms with van der Waals surface area (Å²) in [5.74, 6) is -0.0900. The Balaban J connectivity index is 2.11. The van der Waals surface area contributed by atoms with E-state index >= 15 is 0 Å². The van der Waals surface area contributed by atoms with Crippen LogP contribution >= 0.6 is 27.5 Å². The van der Waals surface area contributed by atoms with Crippen LogP contribution in [0.25, 0.3) is 0 Å². The van der Waals surface area contributed by atoms with Crippen LogP contribution in [-0.4, -0.2) is 20.9 Å². The Morgan fingerprint density at radius 3 is 2.10 bits per heavy atom. The second-order valence-corrected chi connectivity index (χ2v) is 9.10. The topological polar surface area (TPSA) is 63.7 Å². The van der Waals surface area contributed by atoms with Crippen molar-refractivity contribution in [3.05, 3.63) is 87.9 Å². The Kier molecular flexibility index (Phi) is 6.62. The fraction of sp³-hybridized carbons (Fsp3) is 0.0952. The summed E-state index contributed by atoms with van der Waals surface area (Å²) in [5.41, 5.74) is 0.441. The van der Waals surface area contributed by atoms with E-state index in [4.69, 9.17) is 16.3 Å². The molecule has 0 bridgehead atoms. The molecule has 8 heteroatoms. The Labute approximate surface area is 183 Å². The number of sulfonamides is 1. The summed E-state index contributed by atoms with van der Waals surface area (Å²) in [6.07, 6.45) is 0. The van der Waals surface area contributed by atoms with Gasteiger partial charge in [-0.1, -0.05) is 27.5 Å². The van der Waals surface area contributed by atoms with Crippen molar-refractivity contribution in [2.24, 2.45) is 0 Å². The van der Waals surface area contributed by atoms with Crippen molar-refractivity contribution >= 4 is 49.1 Å². The number of benzene rings is 3. The van der Waals surface area contributed by atoms with E-state index in [9.17, 15) is 13.2 Å².